The maximum atomic E-state index is 13.5. The lowest BCUT2D eigenvalue weighted by atomic mass is 10.1. The number of nitrogens with one attached hydrogen (secondary N) is 2. The summed E-state index contributed by atoms with van der Waals surface area (Å²) in [6.07, 6.45) is 1.13. The van der Waals surface area contributed by atoms with Crippen molar-refractivity contribution in [2.75, 3.05) is 5.32 Å². The molecular formula is C13H11FN2O4. The molecule has 0 fully saturated rings. The van der Waals surface area contributed by atoms with E-state index >= 15 is 0 Å². The van der Waals surface area contributed by atoms with Crippen molar-refractivity contribution in [1.82, 2.24) is 4.98 Å². The maximum Gasteiger partial charge on any atom is 0.416 e. The fourth-order valence-corrected chi connectivity index (χ4v) is 1.60. The van der Waals surface area contributed by atoms with Crippen LogP contribution >= 0.6 is 0 Å². The van der Waals surface area contributed by atoms with E-state index in [-0.39, 0.29) is 29.1 Å². The summed E-state index contributed by atoms with van der Waals surface area (Å²) in [6.45, 7) is 1.61. The number of aromatic nitrogens is 1. The first-order valence-corrected chi connectivity index (χ1v) is 5.83. The molecule has 0 saturated carbocycles. The van der Waals surface area contributed by atoms with Crippen molar-refractivity contribution in [3.63, 3.8) is 0 Å². The lowest BCUT2D eigenvalue weighted by molar-refractivity contribution is 0.0981. The minimum absolute atomic E-state index is 0.0670. The number of aromatic amines is 1. The molecule has 6 nitrogen and oxygen atoms in total. The summed E-state index contributed by atoms with van der Waals surface area (Å²) < 4.78 is 17.9. The third-order valence-corrected chi connectivity index (χ3v) is 2.61. The fraction of sp³-hybridized carbons (Fsp3) is 0.154. The van der Waals surface area contributed by atoms with Gasteiger partial charge in [-0.1, -0.05) is 6.92 Å². The molecule has 104 valence electrons. The van der Waals surface area contributed by atoms with E-state index in [0.29, 0.717) is 0 Å². The second-order valence-corrected chi connectivity index (χ2v) is 3.99. The summed E-state index contributed by atoms with van der Waals surface area (Å²) in [5, 5.41) is 2.43. The Morgan fingerprint density at radius 1 is 1.40 bits per heavy atom. The van der Waals surface area contributed by atoms with Crippen LogP contribution in [0.25, 0.3) is 0 Å². The van der Waals surface area contributed by atoms with Crippen LogP contribution in [0.2, 0.25) is 0 Å². The van der Waals surface area contributed by atoms with Gasteiger partial charge in [-0.25, -0.2) is 9.18 Å². The third kappa shape index (κ3) is 2.82. The molecule has 0 unspecified atom stereocenters. The summed E-state index contributed by atoms with van der Waals surface area (Å²) in [6, 6.07) is 3.66. The van der Waals surface area contributed by atoms with Crippen LogP contribution in [0.4, 0.5) is 10.1 Å². The van der Waals surface area contributed by atoms with Crippen molar-refractivity contribution in [2.45, 2.75) is 13.3 Å². The minimum atomic E-state index is -0.754. The Morgan fingerprint density at radius 3 is 2.75 bits per heavy atom. The third-order valence-electron chi connectivity index (χ3n) is 2.61. The molecular weight excluding hydrogens is 267 g/mol. The molecule has 0 radical (unpaired) electrons. The van der Waals surface area contributed by atoms with E-state index in [4.69, 9.17) is 0 Å². The van der Waals surface area contributed by atoms with Crippen LogP contribution in [0.1, 0.15) is 34.2 Å². The van der Waals surface area contributed by atoms with Gasteiger partial charge in [0.05, 0.1) is 5.56 Å². The number of hydrogen-bond acceptors (Lipinski definition) is 4. The van der Waals surface area contributed by atoms with Crippen molar-refractivity contribution in [3.8, 4) is 0 Å². The van der Waals surface area contributed by atoms with E-state index in [0.717, 1.165) is 12.3 Å². The normalized spacial score (nSPS) is 10.3. The SMILES string of the molecule is CCC(=O)c1cc(NC(=O)c2coc(=O)[nH]2)ccc1F. The number of anilines is 1. The fourth-order valence-electron chi connectivity index (χ4n) is 1.60. The quantitative estimate of drug-likeness (QED) is 0.836. The lowest BCUT2D eigenvalue weighted by Crippen LogP contribution is -2.14. The Balaban J connectivity index is 2.24. The largest absolute Gasteiger partial charge is 0.416 e. The molecule has 20 heavy (non-hydrogen) atoms. The monoisotopic (exact) mass is 278 g/mol. The molecule has 0 saturated heterocycles. The van der Waals surface area contributed by atoms with Crippen LogP contribution in [0, 0.1) is 5.82 Å². The number of carbonyl (C=O) groups excluding carboxylic acids is 2. The van der Waals surface area contributed by atoms with Gasteiger partial charge in [0.1, 0.15) is 17.8 Å². The van der Waals surface area contributed by atoms with Gasteiger partial charge in [-0.05, 0) is 18.2 Å². The van der Waals surface area contributed by atoms with E-state index in [1.54, 1.807) is 6.92 Å². The molecule has 0 aliphatic carbocycles. The summed E-state index contributed by atoms with van der Waals surface area (Å²) in [5.41, 5.74) is 0.0870. The Morgan fingerprint density at radius 2 is 2.15 bits per heavy atom. The van der Waals surface area contributed by atoms with Crippen LogP contribution in [0.5, 0.6) is 0 Å². The number of hydrogen-bond donors (Lipinski definition) is 2. The van der Waals surface area contributed by atoms with Gasteiger partial charge in [-0.15, -0.1) is 0 Å². The number of ketones is 1. The zero-order valence-electron chi connectivity index (χ0n) is 10.5. The molecule has 2 aromatic rings. The Kier molecular flexibility index (Phi) is 3.79. The average Bonchev–Trinajstić information content (AvgIpc) is 2.87. The van der Waals surface area contributed by atoms with E-state index in [1.807, 2.05) is 0 Å². The number of rotatable bonds is 4. The molecule has 0 spiro atoms. The summed E-state index contributed by atoms with van der Waals surface area (Å²) in [7, 11) is 0. The van der Waals surface area contributed by atoms with Gasteiger partial charge < -0.3 is 9.73 Å². The molecule has 1 amide bonds. The first-order valence-electron chi connectivity index (χ1n) is 5.83. The van der Waals surface area contributed by atoms with Crippen LogP contribution in [0.15, 0.2) is 33.7 Å². The standard InChI is InChI=1S/C13H11FN2O4/c1-2-11(17)8-5-7(3-4-9(8)14)15-12(18)10-6-20-13(19)16-10/h3-6H,2H2,1H3,(H,15,18)(H,16,19). The lowest BCUT2D eigenvalue weighted by Gasteiger charge is -2.06. The molecule has 0 atom stereocenters. The molecule has 1 heterocycles. The second kappa shape index (κ2) is 5.52. The van der Waals surface area contributed by atoms with Crippen LogP contribution in [-0.4, -0.2) is 16.7 Å². The summed E-state index contributed by atoms with van der Waals surface area (Å²) in [5.74, 6) is -2.39. The Bertz CT molecular complexity index is 717. The van der Waals surface area contributed by atoms with Gasteiger partial charge in [-0.3, -0.25) is 14.6 Å². The Hall–Kier alpha value is -2.70. The van der Waals surface area contributed by atoms with Crippen molar-refractivity contribution in [3.05, 3.63) is 52.1 Å². The minimum Gasteiger partial charge on any atom is -0.416 e. The highest BCUT2D eigenvalue weighted by Gasteiger charge is 2.13. The highest BCUT2D eigenvalue weighted by atomic mass is 19.1. The molecule has 2 rings (SSSR count). The number of benzene rings is 1. The average molecular weight is 278 g/mol. The Labute approximate surface area is 112 Å². The van der Waals surface area contributed by atoms with Crippen molar-refractivity contribution in [2.24, 2.45) is 0 Å². The molecule has 1 aromatic carbocycles. The second-order valence-electron chi connectivity index (χ2n) is 3.99. The zero-order chi connectivity index (χ0) is 14.7. The molecule has 0 aliphatic rings. The molecule has 7 heteroatoms. The number of oxazole rings is 1. The number of Topliss-reactive ketones (excluding diaryl/α,β-unsaturated/α-hetero) is 1. The zero-order valence-corrected chi connectivity index (χ0v) is 10.5. The van der Waals surface area contributed by atoms with Crippen LogP contribution < -0.4 is 11.1 Å². The van der Waals surface area contributed by atoms with Gasteiger partial charge in [0, 0.05) is 12.1 Å². The predicted molar refractivity (Wildman–Crippen MR) is 68.3 cm³/mol. The van der Waals surface area contributed by atoms with E-state index in [9.17, 15) is 18.8 Å². The van der Waals surface area contributed by atoms with E-state index < -0.39 is 17.5 Å². The summed E-state index contributed by atoms with van der Waals surface area (Å²) in [4.78, 5) is 36.2. The maximum absolute atomic E-state index is 13.5. The molecule has 0 bridgehead atoms. The van der Waals surface area contributed by atoms with Crippen LogP contribution in [0.3, 0.4) is 0 Å². The van der Waals surface area contributed by atoms with Gasteiger partial charge in [0.15, 0.2) is 5.78 Å². The van der Waals surface area contributed by atoms with Crippen LogP contribution in [-0.2, 0) is 0 Å². The van der Waals surface area contributed by atoms with Gasteiger partial charge in [-0.2, -0.15) is 0 Å². The van der Waals surface area contributed by atoms with Crippen molar-refractivity contribution in [1.29, 1.82) is 0 Å². The number of amides is 1. The molecule has 2 N–H and O–H groups in total. The van der Waals surface area contributed by atoms with E-state index in [1.165, 1.54) is 12.1 Å². The number of halogens is 1. The molecule has 1 aromatic heterocycles. The first kappa shape index (κ1) is 13.7. The first-order chi connectivity index (χ1) is 9.51. The number of H-pyrrole nitrogens is 1. The highest BCUT2D eigenvalue weighted by Crippen LogP contribution is 2.17. The topological polar surface area (TPSA) is 92.2 Å². The van der Waals surface area contributed by atoms with Gasteiger partial charge >= 0.3 is 5.76 Å². The van der Waals surface area contributed by atoms with Crippen molar-refractivity contribution < 1.29 is 18.4 Å². The smallest absolute Gasteiger partial charge is 0.416 e. The van der Waals surface area contributed by atoms with E-state index in [2.05, 4.69) is 14.7 Å². The van der Waals surface area contributed by atoms with Crippen molar-refractivity contribution >= 4 is 17.4 Å². The predicted octanol–water partition coefficient (Wildman–Crippen LogP) is 1.95. The van der Waals surface area contributed by atoms with Gasteiger partial charge in [0.2, 0.25) is 0 Å². The highest BCUT2D eigenvalue weighted by molar-refractivity contribution is 6.03. The van der Waals surface area contributed by atoms with Gasteiger partial charge in [0.25, 0.3) is 5.91 Å². The summed E-state index contributed by atoms with van der Waals surface area (Å²) >= 11 is 0. The molecule has 0 aliphatic heterocycles. The number of carbonyl (C=O) groups is 2.